The molecule has 0 aromatic heterocycles. The molecule has 0 unspecified atom stereocenters. The Morgan fingerprint density at radius 1 is 1.31 bits per heavy atom. The molecule has 0 fully saturated rings. The number of fused-ring (bicyclic) bond motifs is 1. The lowest BCUT2D eigenvalue weighted by molar-refractivity contribution is -0.385. The number of hydrogen-bond acceptors (Lipinski definition) is 6. The lowest BCUT2D eigenvalue weighted by Crippen LogP contribution is -2.27. The minimum absolute atomic E-state index is 0.00165. The number of ether oxygens (including phenoxy) is 1. The van der Waals surface area contributed by atoms with Crippen molar-refractivity contribution in [1.82, 2.24) is 5.43 Å². The molecule has 1 aliphatic rings. The highest BCUT2D eigenvalue weighted by Crippen LogP contribution is 2.32. The summed E-state index contributed by atoms with van der Waals surface area (Å²) in [4.78, 5) is 22.8. The minimum atomic E-state index is -0.585. The van der Waals surface area contributed by atoms with Crippen molar-refractivity contribution in [2.24, 2.45) is 5.10 Å². The monoisotopic (exact) mass is 375 g/mol. The smallest absolute Gasteiger partial charge is 0.310 e. The van der Waals surface area contributed by atoms with Gasteiger partial charge in [0.2, 0.25) is 0 Å². The summed E-state index contributed by atoms with van der Waals surface area (Å²) in [6.45, 7) is -0.424. The van der Waals surface area contributed by atoms with Gasteiger partial charge < -0.3 is 4.74 Å². The van der Waals surface area contributed by atoms with Gasteiger partial charge in [0.15, 0.2) is 12.4 Å². The van der Waals surface area contributed by atoms with Gasteiger partial charge in [-0.2, -0.15) is 5.10 Å². The first-order chi connectivity index (χ1) is 12.6. The Kier molecular flexibility index (Phi) is 5.47. The molecule has 2 aromatic rings. The predicted octanol–water partition coefficient (Wildman–Crippen LogP) is 3.13. The average molecular weight is 375 g/mol. The van der Waals surface area contributed by atoms with Crippen molar-refractivity contribution in [3.8, 4) is 5.75 Å². The first-order valence-corrected chi connectivity index (χ1v) is 8.68. The van der Waals surface area contributed by atoms with Crippen molar-refractivity contribution in [2.75, 3.05) is 12.4 Å². The van der Waals surface area contributed by atoms with Gasteiger partial charge in [-0.05, 0) is 12.1 Å². The summed E-state index contributed by atoms with van der Waals surface area (Å²) in [5, 5.41) is 15.0. The molecule has 9 heteroatoms. The van der Waals surface area contributed by atoms with E-state index >= 15 is 0 Å². The van der Waals surface area contributed by atoms with Crippen LogP contribution < -0.4 is 10.2 Å². The first kappa shape index (κ1) is 17.9. The Hall–Kier alpha value is -2.94. The Balaban J connectivity index is 1.65. The molecule has 0 atom stereocenters. The van der Waals surface area contributed by atoms with E-state index in [1.54, 1.807) is 18.2 Å². The number of hydrogen-bond donors (Lipinski definition) is 1. The van der Waals surface area contributed by atoms with E-state index in [2.05, 4.69) is 10.5 Å². The van der Waals surface area contributed by atoms with Gasteiger partial charge in [-0.15, -0.1) is 11.8 Å². The molecule has 0 bridgehead atoms. The van der Waals surface area contributed by atoms with Gasteiger partial charge in [0, 0.05) is 23.8 Å². The molecular weight excluding hydrogens is 361 g/mol. The highest BCUT2D eigenvalue weighted by atomic mass is 32.2. The topological polar surface area (TPSA) is 93.8 Å². The maximum Gasteiger partial charge on any atom is 0.310 e. The van der Waals surface area contributed by atoms with E-state index in [4.69, 9.17) is 4.74 Å². The molecule has 7 nitrogen and oxygen atoms in total. The third kappa shape index (κ3) is 3.99. The molecule has 0 saturated heterocycles. The fraction of sp³-hybridized carbons (Fsp3) is 0.176. The summed E-state index contributed by atoms with van der Waals surface area (Å²) in [6.07, 6.45) is 0.590. The lowest BCUT2D eigenvalue weighted by Gasteiger charge is -2.17. The SMILES string of the molecule is O=C(COc1ccccc1[N+](=O)[O-])NN=C1CCSc2c(F)cccc21. The molecule has 2 aromatic carbocycles. The highest BCUT2D eigenvalue weighted by Gasteiger charge is 2.20. The maximum absolute atomic E-state index is 13.8. The molecule has 134 valence electrons. The molecule has 0 radical (unpaired) electrons. The van der Waals surface area contributed by atoms with Crippen LogP contribution in [-0.4, -0.2) is 28.9 Å². The van der Waals surface area contributed by atoms with Crippen molar-refractivity contribution in [3.05, 3.63) is 64.0 Å². The van der Waals surface area contributed by atoms with Gasteiger partial charge in [0.05, 0.1) is 15.5 Å². The van der Waals surface area contributed by atoms with Gasteiger partial charge in [-0.25, -0.2) is 9.82 Å². The third-order valence-corrected chi connectivity index (χ3v) is 4.71. The van der Waals surface area contributed by atoms with Gasteiger partial charge in [-0.1, -0.05) is 24.3 Å². The molecule has 1 amide bonds. The number of benzene rings is 2. The number of para-hydroxylation sites is 2. The summed E-state index contributed by atoms with van der Waals surface area (Å²) in [5.74, 6) is -0.213. The Morgan fingerprint density at radius 3 is 2.92 bits per heavy atom. The van der Waals surface area contributed by atoms with Crippen molar-refractivity contribution in [2.45, 2.75) is 11.3 Å². The number of rotatable bonds is 5. The Bertz CT molecular complexity index is 888. The van der Waals surface area contributed by atoms with E-state index in [0.29, 0.717) is 28.3 Å². The predicted molar refractivity (Wildman–Crippen MR) is 95.0 cm³/mol. The van der Waals surface area contributed by atoms with E-state index in [0.717, 1.165) is 0 Å². The fourth-order valence-electron chi connectivity index (χ4n) is 2.42. The zero-order valence-electron chi connectivity index (χ0n) is 13.5. The molecule has 26 heavy (non-hydrogen) atoms. The summed E-state index contributed by atoms with van der Waals surface area (Å²) in [6, 6.07) is 10.5. The van der Waals surface area contributed by atoms with Gasteiger partial charge >= 0.3 is 5.69 Å². The molecule has 1 aliphatic heterocycles. The normalized spacial score (nSPS) is 14.6. The molecule has 1 heterocycles. The Morgan fingerprint density at radius 2 is 2.12 bits per heavy atom. The van der Waals surface area contributed by atoms with Crippen LogP contribution in [0.15, 0.2) is 52.5 Å². The zero-order valence-corrected chi connectivity index (χ0v) is 14.3. The van der Waals surface area contributed by atoms with E-state index in [-0.39, 0.29) is 17.3 Å². The van der Waals surface area contributed by atoms with Crippen LogP contribution >= 0.6 is 11.8 Å². The van der Waals surface area contributed by atoms with E-state index in [1.807, 2.05) is 0 Å². The number of thioether (sulfide) groups is 1. The number of nitro groups is 1. The fourth-order valence-corrected chi connectivity index (χ4v) is 3.47. The second kappa shape index (κ2) is 7.96. The number of carbonyl (C=O) groups excluding carboxylic acids is 1. The van der Waals surface area contributed by atoms with Crippen LogP contribution in [0, 0.1) is 15.9 Å². The Labute approximate surface area is 152 Å². The minimum Gasteiger partial charge on any atom is -0.477 e. The quantitative estimate of drug-likeness (QED) is 0.640. The number of halogens is 1. The molecule has 0 aliphatic carbocycles. The third-order valence-electron chi connectivity index (χ3n) is 3.60. The number of nitrogens with zero attached hydrogens (tertiary/aromatic N) is 2. The van der Waals surface area contributed by atoms with Crippen LogP contribution in [0.4, 0.5) is 10.1 Å². The summed E-state index contributed by atoms with van der Waals surface area (Å²) >= 11 is 1.41. The molecule has 3 rings (SSSR count). The van der Waals surface area contributed by atoms with E-state index < -0.39 is 17.4 Å². The highest BCUT2D eigenvalue weighted by molar-refractivity contribution is 7.99. The molecule has 0 spiro atoms. The van der Waals surface area contributed by atoms with Crippen molar-refractivity contribution in [1.29, 1.82) is 0 Å². The lowest BCUT2D eigenvalue weighted by atomic mass is 10.1. The summed E-state index contributed by atoms with van der Waals surface area (Å²) < 4.78 is 19.0. The van der Waals surface area contributed by atoms with Crippen LogP contribution in [0.2, 0.25) is 0 Å². The number of nitrogens with one attached hydrogen (secondary N) is 1. The van der Waals surface area contributed by atoms with E-state index in [1.165, 1.54) is 36.0 Å². The first-order valence-electron chi connectivity index (χ1n) is 7.69. The van der Waals surface area contributed by atoms with Gasteiger partial charge in [0.25, 0.3) is 5.91 Å². The van der Waals surface area contributed by atoms with Crippen LogP contribution in [0.5, 0.6) is 5.75 Å². The van der Waals surface area contributed by atoms with Crippen molar-refractivity contribution >= 4 is 29.1 Å². The molecule has 1 N–H and O–H groups in total. The van der Waals surface area contributed by atoms with Crippen LogP contribution in [0.25, 0.3) is 0 Å². The van der Waals surface area contributed by atoms with Crippen molar-refractivity contribution < 1.29 is 18.8 Å². The summed E-state index contributed by atoms with van der Waals surface area (Å²) in [5.41, 5.74) is 3.37. The van der Waals surface area contributed by atoms with Crippen molar-refractivity contribution in [3.63, 3.8) is 0 Å². The summed E-state index contributed by atoms with van der Waals surface area (Å²) in [7, 11) is 0. The maximum atomic E-state index is 13.8. The molecule has 0 saturated carbocycles. The van der Waals surface area contributed by atoms with Crippen LogP contribution in [0.3, 0.4) is 0 Å². The number of nitro benzene ring substituents is 1. The number of carbonyl (C=O) groups is 1. The second-order valence-corrected chi connectivity index (χ2v) is 6.43. The number of hydrazone groups is 1. The largest absolute Gasteiger partial charge is 0.477 e. The van der Waals surface area contributed by atoms with E-state index in [9.17, 15) is 19.3 Å². The molecular formula is C17H14FN3O4S. The average Bonchev–Trinajstić information content (AvgIpc) is 2.65. The van der Waals surface area contributed by atoms with Gasteiger partial charge in [0.1, 0.15) is 5.82 Å². The van der Waals surface area contributed by atoms with Gasteiger partial charge in [-0.3, -0.25) is 14.9 Å². The second-order valence-electron chi connectivity index (χ2n) is 5.32. The van der Waals surface area contributed by atoms with Crippen LogP contribution in [-0.2, 0) is 4.79 Å². The number of amides is 1. The van der Waals surface area contributed by atoms with Crippen LogP contribution in [0.1, 0.15) is 12.0 Å². The zero-order chi connectivity index (χ0) is 18.5. The standard InChI is InChI=1S/C17H14FN3O4S/c18-12-5-3-4-11-13(8-9-26-17(11)12)19-20-16(22)10-25-15-7-2-1-6-14(15)21(23)24/h1-7H,8-10H2,(H,20,22).